The molecule has 1 N–H and O–H groups in total. The summed E-state index contributed by atoms with van der Waals surface area (Å²) in [6, 6.07) is 15.5. The molecule has 0 aliphatic heterocycles. The van der Waals surface area contributed by atoms with E-state index in [4.69, 9.17) is 4.74 Å². The summed E-state index contributed by atoms with van der Waals surface area (Å²) in [5, 5.41) is 2.94. The highest BCUT2D eigenvalue weighted by Gasteiger charge is 2.06. The number of rotatable bonds is 5. The number of halogens is 1. The van der Waals surface area contributed by atoms with Crippen molar-refractivity contribution >= 4 is 27.9 Å². The summed E-state index contributed by atoms with van der Waals surface area (Å²) in [6.07, 6.45) is 3.31. The number of carbonyl (C=O) groups excluding carboxylic acids is 1. The van der Waals surface area contributed by atoms with E-state index in [9.17, 15) is 4.79 Å². The second-order valence-corrected chi connectivity index (χ2v) is 5.72. The number of hydrogen-bond donors (Lipinski definition) is 1. The van der Waals surface area contributed by atoms with Crippen LogP contribution in [0.15, 0.2) is 59.1 Å². The molecule has 0 aliphatic carbocycles. The number of carbonyl (C=O) groups is 1. The Morgan fingerprint density at radius 2 is 1.95 bits per heavy atom. The molecule has 2 aromatic rings. The zero-order valence-corrected chi connectivity index (χ0v) is 14.1. The van der Waals surface area contributed by atoms with E-state index in [-0.39, 0.29) is 11.9 Å². The van der Waals surface area contributed by atoms with Crippen LogP contribution in [0.2, 0.25) is 0 Å². The van der Waals surface area contributed by atoms with Crippen molar-refractivity contribution in [3.63, 3.8) is 0 Å². The molecular weight excluding hydrogens is 342 g/mol. The van der Waals surface area contributed by atoms with E-state index in [0.29, 0.717) is 0 Å². The van der Waals surface area contributed by atoms with Gasteiger partial charge in [0.2, 0.25) is 5.91 Å². The lowest BCUT2D eigenvalue weighted by molar-refractivity contribution is -0.117. The minimum atomic E-state index is -0.122. The van der Waals surface area contributed by atoms with Crippen molar-refractivity contribution in [1.82, 2.24) is 5.32 Å². The second-order valence-electron chi connectivity index (χ2n) is 4.87. The fraction of sp³-hybridized carbons (Fsp3) is 0.167. The molecule has 1 amide bonds. The van der Waals surface area contributed by atoms with Gasteiger partial charge in [-0.25, -0.2) is 0 Å². The van der Waals surface area contributed by atoms with E-state index in [2.05, 4.69) is 21.2 Å². The van der Waals surface area contributed by atoms with Gasteiger partial charge < -0.3 is 10.1 Å². The number of nitrogens with one attached hydrogen (secondary N) is 1. The maximum Gasteiger partial charge on any atom is 0.244 e. The molecule has 0 radical (unpaired) electrons. The predicted molar refractivity (Wildman–Crippen MR) is 92.7 cm³/mol. The number of amides is 1. The van der Waals surface area contributed by atoms with Crippen molar-refractivity contribution in [2.45, 2.75) is 13.0 Å². The van der Waals surface area contributed by atoms with Crippen LogP contribution in [0, 0.1) is 0 Å². The summed E-state index contributed by atoms with van der Waals surface area (Å²) in [6.45, 7) is 1.96. The van der Waals surface area contributed by atoms with Gasteiger partial charge >= 0.3 is 0 Å². The van der Waals surface area contributed by atoms with Gasteiger partial charge in [0.1, 0.15) is 5.75 Å². The summed E-state index contributed by atoms with van der Waals surface area (Å²) < 4.78 is 6.03. The van der Waals surface area contributed by atoms with E-state index in [1.54, 1.807) is 13.2 Å². The molecule has 22 heavy (non-hydrogen) atoms. The lowest BCUT2D eigenvalue weighted by atomic mass is 10.1. The number of methoxy groups -OCH3 is 1. The molecule has 2 rings (SSSR count). The van der Waals surface area contributed by atoms with Crippen molar-refractivity contribution in [2.75, 3.05) is 7.11 Å². The third-order valence-corrected chi connectivity index (χ3v) is 3.88. The van der Waals surface area contributed by atoms with Gasteiger partial charge in [-0.15, -0.1) is 0 Å². The first-order chi connectivity index (χ1) is 10.6. The zero-order chi connectivity index (χ0) is 15.9. The first-order valence-electron chi connectivity index (χ1n) is 6.97. The molecule has 2 aromatic carbocycles. The third kappa shape index (κ3) is 4.46. The molecule has 0 bridgehead atoms. The molecule has 0 heterocycles. The van der Waals surface area contributed by atoms with Gasteiger partial charge in [-0.05, 0) is 52.2 Å². The Morgan fingerprint density at radius 3 is 2.59 bits per heavy atom. The Hall–Kier alpha value is -2.07. The van der Waals surface area contributed by atoms with Crippen LogP contribution in [0.3, 0.4) is 0 Å². The molecule has 0 fully saturated rings. The maximum absolute atomic E-state index is 12.0. The predicted octanol–water partition coefficient (Wildman–Crippen LogP) is 4.35. The number of ether oxygens (including phenoxy) is 1. The highest BCUT2D eigenvalue weighted by atomic mass is 79.9. The second kappa shape index (κ2) is 7.80. The smallest absolute Gasteiger partial charge is 0.244 e. The molecule has 4 heteroatoms. The van der Waals surface area contributed by atoms with Crippen LogP contribution in [-0.4, -0.2) is 13.0 Å². The molecule has 1 atom stereocenters. The quantitative estimate of drug-likeness (QED) is 0.806. The van der Waals surface area contributed by atoms with E-state index in [1.165, 1.54) is 6.08 Å². The van der Waals surface area contributed by atoms with Crippen LogP contribution in [0.5, 0.6) is 5.75 Å². The molecule has 114 valence electrons. The van der Waals surface area contributed by atoms with Gasteiger partial charge in [-0.3, -0.25) is 4.79 Å². The highest BCUT2D eigenvalue weighted by molar-refractivity contribution is 9.10. The van der Waals surface area contributed by atoms with Gasteiger partial charge in [0.25, 0.3) is 0 Å². The maximum atomic E-state index is 12.0. The Labute approximate surface area is 139 Å². The lowest BCUT2D eigenvalue weighted by Crippen LogP contribution is -2.24. The molecule has 0 aromatic heterocycles. The molecule has 0 saturated heterocycles. The number of benzene rings is 2. The van der Waals surface area contributed by atoms with E-state index < -0.39 is 0 Å². The van der Waals surface area contributed by atoms with Gasteiger partial charge in [0.15, 0.2) is 0 Å². The lowest BCUT2D eigenvalue weighted by Gasteiger charge is -2.12. The van der Waals surface area contributed by atoms with Gasteiger partial charge in [0, 0.05) is 6.08 Å². The van der Waals surface area contributed by atoms with E-state index >= 15 is 0 Å². The summed E-state index contributed by atoms with van der Waals surface area (Å²) >= 11 is 3.43. The fourth-order valence-electron chi connectivity index (χ4n) is 2.04. The Morgan fingerprint density at radius 1 is 1.23 bits per heavy atom. The minimum absolute atomic E-state index is 0.0269. The van der Waals surface area contributed by atoms with Crippen LogP contribution < -0.4 is 10.1 Å². The van der Waals surface area contributed by atoms with Gasteiger partial charge in [-0.1, -0.05) is 36.4 Å². The summed E-state index contributed by atoms with van der Waals surface area (Å²) in [4.78, 5) is 12.0. The number of hydrogen-bond acceptors (Lipinski definition) is 2. The third-order valence-electron chi connectivity index (χ3n) is 3.26. The topological polar surface area (TPSA) is 38.3 Å². The molecule has 3 nitrogen and oxygen atoms in total. The van der Waals surface area contributed by atoms with Crippen molar-refractivity contribution in [1.29, 1.82) is 0 Å². The first kappa shape index (κ1) is 16.3. The molecule has 0 saturated carbocycles. The van der Waals surface area contributed by atoms with Crippen molar-refractivity contribution in [2.24, 2.45) is 0 Å². The minimum Gasteiger partial charge on any atom is -0.496 e. The van der Waals surface area contributed by atoms with Crippen LogP contribution in [0.25, 0.3) is 6.08 Å². The van der Waals surface area contributed by atoms with Crippen LogP contribution in [0.4, 0.5) is 0 Å². The van der Waals surface area contributed by atoms with Crippen LogP contribution >= 0.6 is 15.9 Å². The van der Waals surface area contributed by atoms with Crippen molar-refractivity contribution in [3.8, 4) is 5.75 Å². The average molecular weight is 360 g/mol. The molecule has 1 unspecified atom stereocenters. The molecule has 0 spiro atoms. The monoisotopic (exact) mass is 359 g/mol. The Bertz CT molecular complexity index is 668. The highest BCUT2D eigenvalue weighted by Crippen LogP contribution is 2.25. The Balaban J connectivity index is 1.98. The largest absolute Gasteiger partial charge is 0.496 e. The molecular formula is C18H18BrNO2. The molecule has 0 aliphatic rings. The van der Waals surface area contributed by atoms with E-state index in [0.717, 1.165) is 21.3 Å². The summed E-state index contributed by atoms with van der Waals surface area (Å²) in [7, 11) is 1.62. The normalized spacial score (nSPS) is 12.1. The SMILES string of the molecule is COc1ccc(C=CC(=O)NC(C)c2ccccc2)cc1Br. The summed E-state index contributed by atoms with van der Waals surface area (Å²) in [5.74, 6) is 0.641. The average Bonchev–Trinajstić information content (AvgIpc) is 2.54. The van der Waals surface area contributed by atoms with Gasteiger partial charge in [0.05, 0.1) is 17.6 Å². The Kier molecular flexibility index (Phi) is 5.78. The first-order valence-corrected chi connectivity index (χ1v) is 7.76. The standard InChI is InChI=1S/C18H18BrNO2/c1-13(15-6-4-3-5-7-15)20-18(21)11-9-14-8-10-17(22-2)16(19)12-14/h3-13H,1-2H3,(H,20,21). The fourth-order valence-corrected chi connectivity index (χ4v) is 2.60. The van der Waals surface area contributed by atoms with Gasteiger partial charge in [-0.2, -0.15) is 0 Å². The summed E-state index contributed by atoms with van der Waals surface area (Å²) in [5.41, 5.74) is 2.01. The van der Waals surface area contributed by atoms with Crippen LogP contribution in [-0.2, 0) is 4.79 Å². The zero-order valence-electron chi connectivity index (χ0n) is 12.5. The van der Waals surface area contributed by atoms with Crippen LogP contribution in [0.1, 0.15) is 24.1 Å². The van der Waals surface area contributed by atoms with Crippen molar-refractivity contribution in [3.05, 3.63) is 70.2 Å². The van der Waals surface area contributed by atoms with E-state index in [1.807, 2.05) is 55.5 Å². The van der Waals surface area contributed by atoms with Crippen molar-refractivity contribution < 1.29 is 9.53 Å².